The number of nitrogens with zero attached hydrogens (tertiary/aromatic N) is 2. The van der Waals surface area contributed by atoms with E-state index in [0.717, 1.165) is 5.69 Å². The van der Waals surface area contributed by atoms with E-state index < -0.39 is 0 Å². The molecule has 0 bridgehead atoms. The van der Waals surface area contributed by atoms with Gasteiger partial charge in [0, 0.05) is 25.6 Å². The van der Waals surface area contributed by atoms with Crippen LogP contribution in [-0.4, -0.2) is 29.6 Å². The van der Waals surface area contributed by atoms with Crippen molar-refractivity contribution in [1.29, 1.82) is 0 Å². The van der Waals surface area contributed by atoms with Gasteiger partial charge in [0.15, 0.2) is 0 Å². The number of carbonyl (C=O) groups excluding carboxylic acids is 2. The van der Waals surface area contributed by atoms with Gasteiger partial charge in [-0.2, -0.15) is 5.10 Å². The van der Waals surface area contributed by atoms with Gasteiger partial charge in [-0.05, 0) is 23.6 Å². The molecule has 0 saturated heterocycles. The van der Waals surface area contributed by atoms with Crippen LogP contribution in [-0.2, 0) is 9.59 Å². The fraction of sp³-hybridized carbons (Fsp3) is 0.400. The standard InChI is InChI=1S/C15H19N3O2/c1-10(2)11-4-6-12(7-5-11)16-15(20)13-8-9-14(19)18(3)17-13/h4-7,10H,8-9H2,1-3H3,(H,16,20). The minimum absolute atomic E-state index is 0.0668. The van der Waals surface area contributed by atoms with Gasteiger partial charge in [0.1, 0.15) is 5.71 Å². The zero-order chi connectivity index (χ0) is 14.7. The lowest BCUT2D eigenvalue weighted by atomic mass is 10.0. The maximum absolute atomic E-state index is 12.1. The minimum atomic E-state index is -0.248. The number of benzene rings is 1. The van der Waals surface area contributed by atoms with E-state index in [1.165, 1.54) is 10.6 Å². The van der Waals surface area contributed by atoms with Gasteiger partial charge in [-0.25, -0.2) is 5.01 Å². The first-order valence-electron chi connectivity index (χ1n) is 6.72. The first kappa shape index (κ1) is 14.2. The maximum Gasteiger partial charge on any atom is 0.271 e. The van der Waals surface area contributed by atoms with E-state index in [0.29, 0.717) is 24.5 Å². The van der Waals surface area contributed by atoms with Crippen molar-refractivity contribution in [3.05, 3.63) is 29.8 Å². The number of carbonyl (C=O) groups is 2. The number of rotatable bonds is 3. The summed E-state index contributed by atoms with van der Waals surface area (Å²) in [7, 11) is 1.56. The van der Waals surface area contributed by atoms with Gasteiger partial charge in [-0.15, -0.1) is 0 Å². The highest BCUT2D eigenvalue weighted by atomic mass is 16.2. The first-order valence-corrected chi connectivity index (χ1v) is 6.72. The molecule has 1 aromatic carbocycles. The molecule has 0 saturated carbocycles. The molecule has 0 aliphatic carbocycles. The normalized spacial score (nSPS) is 15.3. The van der Waals surface area contributed by atoms with E-state index in [-0.39, 0.29) is 11.8 Å². The quantitative estimate of drug-likeness (QED) is 0.919. The molecule has 0 radical (unpaired) electrons. The number of anilines is 1. The van der Waals surface area contributed by atoms with Crippen LogP contribution in [0.1, 0.15) is 38.2 Å². The molecule has 5 nitrogen and oxygen atoms in total. The van der Waals surface area contributed by atoms with Crippen LogP contribution >= 0.6 is 0 Å². The number of nitrogens with one attached hydrogen (secondary N) is 1. The molecule has 0 unspecified atom stereocenters. The summed E-state index contributed by atoms with van der Waals surface area (Å²) in [6.45, 7) is 4.24. The highest BCUT2D eigenvalue weighted by Gasteiger charge is 2.21. The Morgan fingerprint density at radius 3 is 2.45 bits per heavy atom. The highest BCUT2D eigenvalue weighted by Crippen LogP contribution is 2.17. The smallest absolute Gasteiger partial charge is 0.271 e. The zero-order valence-electron chi connectivity index (χ0n) is 12.0. The number of hydrogen-bond acceptors (Lipinski definition) is 3. The molecular formula is C15H19N3O2. The molecule has 1 heterocycles. The van der Waals surface area contributed by atoms with Gasteiger partial charge < -0.3 is 5.32 Å². The molecule has 1 N–H and O–H groups in total. The largest absolute Gasteiger partial charge is 0.321 e. The SMILES string of the molecule is CC(C)c1ccc(NC(=O)C2=NN(C)C(=O)CC2)cc1. The van der Waals surface area contributed by atoms with E-state index in [2.05, 4.69) is 24.3 Å². The summed E-state index contributed by atoms with van der Waals surface area (Å²) in [6, 6.07) is 7.76. The molecule has 0 aromatic heterocycles. The van der Waals surface area contributed by atoms with Crippen molar-refractivity contribution < 1.29 is 9.59 Å². The first-order chi connectivity index (χ1) is 9.47. The van der Waals surface area contributed by atoms with Crippen LogP contribution in [0.4, 0.5) is 5.69 Å². The maximum atomic E-state index is 12.1. The second kappa shape index (κ2) is 5.86. The lowest BCUT2D eigenvalue weighted by Gasteiger charge is -2.19. The summed E-state index contributed by atoms with van der Waals surface area (Å²) in [6.07, 6.45) is 0.716. The van der Waals surface area contributed by atoms with Crippen molar-refractivity contribution in [2.75, 3.05) is 12.4 Å². The van der Waals surface area contributed by atoms with E-state index in [9.17, 15) is 9.59 Å². The lowest BCUT2D eigenvalue weighted by molar-refractivity contribution is -0.130. The van der Waals surface area contributed by atoms with Crippen molar-refractivity contribution in [2.45, 2.75) is 32.6 Å². The van der Waals surface area contributed by atoms with Crippen LogP contribution in [0.2, 0.25) is 0 Å². The van der Waals surface area contributed by atoms with E-state index in [1.54, 1.807) is 7.05 Å². The van der Waals surface area contributed by atoms with E-state index in [4.69, 9.17) is 0 Å². The van der Waals surface area contributed by atoms with Crippen molar-refractivity contribution >= 4 is 23.2 Å². The molecule has 0 atom stereocenters. The van der Waals surface area contributed by atoms with Crippen LogP contribution in [0.15, 0.2) is 29.4 Å². The summed E-state index contributed by atoms with van der Waals surface area (Å²) in [5, 5.41) is 8.02. The van der Waals surface area contributed by atoms with Gasteiger partial charge in [0.25, 0.3) is 5.91 Å². The second-order valence-corrected chi connectivity index (χ2v) is 5.19. The molecule has 1 aromatic rings. The topological polar surface area (TPSA) is 61.8 Å². The molecule has 106 valence electrons. The van der Waals surface area contributed by atoms with Crippen LogP contribution in [0.3, 0.4) is 0 Å². The Morgan fingerprint density at radius 2 is 1.90 bits per heavy atom. The van der Waals surface area contributed by atoms with Gasteiger partial charge in [-0.1, -0.05) is 26.0 Å². The molecule has 0 fully saturated rings. The second-order valence-electron chi connectivity index (χ2n) is 5.19. The Morgan fingerprint density at radius 1 is 1.25 bits per heavy atom. The average Bonchev–Trinajstić information content (AvgIpc) is 2.42. The zero-order valence-corrected chi connectivity index (χ0v) is 12.0. The van der Waals surface area contributed by atoms with Crippen LogP contribution < -0.4 is 5.32 Å². The third-order valence-corrected chi connectivity index (χ3v) is 3.30. The molecule has 20 heavy (non-hydrogen) atoms. The molecule has 1 aliphatic rings. The third-order valence-electron chi connectivity index (χ3n) is 3.30. The number of hydrogen-bond donors (Lipinski definition) is 1. The van der Waals surface area contributed by atoms with Gasteiger partial charge in [0.05, 0.1) is 0 Å². The molecule has 2 amide bonds. The van der Waals surface area contributed by atoms with Crippen LogP contribution in [0.25, 0.3) is 0 Å². The molecule has 0 spiro atoms. The predicted molar refractivity (Wildman–Crippen MR) is 78.6 cm³/mol. The van der Waals surface area contributed by atoms with Crippen molar-refractivity contribution in [2.24, 2.45) is 5.10 Å². The van der Waals surface area contributed by atoms with Crippen molar-refractivity contribution in [3.8, 4) is 0 Å². The van der Waals surface area contributed by atoms with Gasteiger partial charge in [-0.3, -0.25) is 9.59 Å². The Kier molecular flexibility index (Phi) is 4.17. The number of hydrazone groups is 1. The third kappa shape index (κ3) is 3.23. The summed E-state index contributed by atoms with van der Waals surface area (Å²) in [5.74, 6) is 0.145. The summed E-state index contributed by atoms with van der Waals surface area (Å²) < 4.78 is 0. The van der Waals surface area contributed by atoms with E-state index >= 15 is 0 Å². The molecule has 1 aliphatic heterocycles. The molecule has 5 heteroatoms. The Hall–Kier alpha value is -2.17. The monoisotopic (exact) mass is 273 g/mol. The Bertz CT molecular complexity index is 547. The fourth-order valence-corrected chi connectivity index (χ4v) is 1.99. The van der Waals surface area contributed by atoms with Gasteiger partial charge >= 0.3 is 0 Å². The minimum Gasteiger partial charge on any atom is -0.321 e. The van der Waals surface area contributed by atoms with Crippen LogP contribution in [0, 0.1) is 0 Å². The summed E-state index contributed by atoms with van der Waals surface area (Å²) in [4.78, 5) is 23.4. The lowest BCUT2D eigenvalue weighted by Crippen LogP contribution is -2.34. The Labute approximate surface area is 118 Å². The average molecular weight is 273 g/mol. The number of amides is 2. The Balaban J connectivity index is 2.04. The van der Waals surface area contributed by atoms with Crippen LogP contribution in [0.5, 0.6) is 0 Å². The fourth-order valence-electron chi connectivity index (χ4n) is 1.99. The van der Waals surface area contributed by atoms with E-state index in [1.807, 2.05) is 24.3 Å². The summed E-state index contributed by atoms with van der Waals surface area (Å²) >= 11 is 0. The molecule has 2 rings (SSSR count). The highest BCUT2D eigenvalue weighted by molar-refractivity contribution is 6.43. The van der Waals surface area contributed by atoms with Gasteiger partial charge in [0.2, 0.25) is 5.91 Å². The molecular weight excluding hydrogens is 254 g/mol. The predicted octanol–water partition coefficient (Wildman–Crippen LogP) is 2.36. The van der Waals surface area contributed by atoms with Crippen molar-refractivity contribution in [3.63, 3.8) is 0 Å². The van der Waals surface area contributed by atoms with Crippen molar-refractivity contribution in [1.82, 2.24) is 5.01 Å². The summed E-state index contributed by atoms with van der Waals surface area (Å²) in [5.41, 5.74) is 2.35.